The number of ketones is 1. The summed E-state index contributed by atoms with van der Waals surface area (Å²) < 4.78 is 5.38. The van der Waals surface area contributed by atoms with Gasteiger partial charge in [0.05, 0.1) is 11.9 Å². The second-order valence-electron chi connectivity index (χ2n) is 7.33. The molecule has 0 radical (unpaired) electrons. The van der Waals surface area contributed by atoms with Crippen molar-refractivity contribution in [2.75, 3.05) is 6.54 Å². The van der Waals surface area contributed by atoms with Gasteiger partial charge in [0, 0.05) is 17.5 Å². The Balaban J connectivity index is 1.55. The Morgan fingerprint density at radius 3 is 2.57 bits per heavy atom. The van der Waals surface area contributed by atoms with Gasteiger partial charge in [-0.2, -0.15) is 5.10 Å². The third-order valence-electron chi connectivity index (χ3n) is 5.16. The van der Waals surface area contributed by atoms with E-state index in [1.165, 1.54) is 6.92 Å². The number of aromatic amines is 1. The van der Waals surface area contributed by atoms with Crippen molar-refractivity contribution >= 4 is 28.6 Å². The van der Waals surface area contributed by atoms with Crippen LogP contribution < -0.4 is 5.32 Å². The molecule has 3 rings (SSSR count). The van der Waals surface area contributed by atoms with Crippen LogP contribution in [-0.4, -0.2) is 34.4 Å². The number of H-pyrrole nitrogens is 1. The molecule has 0 aliphatic heterocycles. The van der Waals surface area contributed by atoms with E-state index in [0.717, 1.165) is 33.2 Å². The minimum atomic E-state index is -0.425. The van der Waals surface area contributed by atoms with Crippen molar-refractivity contribution in [1.29, 1.82) is 0 Å². The van der Waals surface area contributed by atoms with Crippen LogP contribution in [-0.2, 0) is 16.1 Å². The lowest BCUT2D eigenvalue weighted by molar-refractivity contribution is -0.144. The number of rotatable bonds is 7. The van der Waals surface area contributed by atoms with E-state index in [9.17, 15) is 14.4 Å². The van der Waals surface area contributed by atoms with Gasteiger partial charge in [-0.25, -0.2) is 0 Å². The van der Waals surface area contributed by atoms with Gasteiger partial charge in [-0.05, 0) is 56.0 Å². The Labute approximate surface area is 174 Å². The molecule has 0 fully saturated rings. The van der Waals surface area contributed by atoms with Crippen molar-refractivity contribution in [3.63, 3.8) is 0 Å². The summed E-state index contributed by atoms with van der Waals surface area (Å²) >= 11 is 0. The monoisotopic (exact) mass is 407 g/mol. The summed E-state index contributed by atoms with van der Waals surface area (Å²) in [6.45, 7) is 7.47. The molecule has 30 heavy (non-hydrogen) atoms. The van der Waals surface area contributed by atoms with Gasteiger partial charge in [0.15, 0.2) is 11.5 Å². The zero-order valence-corrected chi connectivity index (χ0v) is 17.6. The Morgan fingerprint density at radius 1 is 1.10 bits per heavy atom. The number of hydrogen-bond acceptors (Lipinski definition) is 5. The number of amides is 1. The lowest BCUT2D eigenvalue weighted by atomic mass is 9.92. The molecular weight excluding hydrogens is 382 g/mol. The van der Waals surface area contributed by atoms with E-state index in [-0.39, 0.29) is 31.3 Å². The van der Waals surface area contributed by atoms with E-state index >= 15 is 0 Å². The summed E-state index contributed by atoms with van der Waals surface area (Å²) in [6.07, 6.45) is 0.0393. The predicted octanol–water partition coefficient (Wildman–Crippen LogP) is 3.55. The van der Waals surface area contributed by atoms with Crippen molar-refractivity contribution in [2.24, 2.45) is 0 Å². The zero-order chi connectivity index (χ0) is 21.8. The highest BCUT2D eigenvalue weighted by Gasteiger charge is 2.17. The molecule has 0 saturated carbocycles. The van der Waals surface area contributed by atoms with Crippen molar-refractivity contribution < 1.29 is 19.1 Å². The fraction of sp³-hybridized carbons (Fsp3) is 0.304. The molecule has 0 aliphatic rings. The van der Waals surface area contributed by atoms with E-state index in [1.807, 2.05) is 51.1 Å². The smallest absolute Gasteiger partial charge is 0.307 e. The van der Waals surface area contributed by atoms with Crippen molar-refractivity contribution in [3.05, 3.63) is 63.8 Å². The first kappa shape index (κ1) is 21.2. The quantitative estimate of drug-likeness (QED) is 0.461. The lowest BCUT2D eigenvalue weighted by Crippen LogP contribution is -2.27. The topological polar surface area (TPSA) is 101 Å². The van der Waals surface area contributed by atoms with Crippen LogP contribution in [0.15, 0.2) is 30.3 Å². The molecule has 0 atom stereocenters. The van der Waals surface area contributed by atoms with Crippen LogP contribution in [0.2, 0.25) is 0 Å². The van der Waals surface area contributed by atoms with Gasteiger partial charge >= 0.3 is 5.97 Å². The van der Waals surface area contributed by atoms with Crippen LogP contribution in [0.1, 0.15) is 56.4 Å². The SMILES string of the molecule is CC(=O)c1c(C)cc(C)c(COC(=O)CCNC(=O)c2n[nH]c3ccccc23)c1C. The number of para-hydroxylation sites is 1. The molecule has 1 aromatic heterocycles. The largest absolute Gasteiger partial charge is 0.461 e. The number of benzene rings is 2. The summed E-state index contributed by atoms with van der Waals surface area (Å²) in [5.41, 5.74) is 5.31. The molecule has 0 spiro atoms. The second kappa shape index (κ2) is 8.90. The van der Waals surface area contributed by atoms with E-state index in [1.54, 1.807) is 0 Å². The van der Waals surface area contributed by atoms with E-state index in [0.29, 0.717) is 11.3 Å². The number of nitrogens with zero attached hydrogens (tertiary/aromatic N) is 1. The molecule has 156 valence electrons. The number of aromatic nitrogens is 2. The van der Waals surface area contributed by atoms with Crippen LogP contribution in [0.25, 0.3) is 10.9 Å². The van der Waals surface area contributed by atoms with Crippen molar-refractivity contribution in [1.82, 2.24) is 15.5 Å². The van der Waals surface area contributed by atoms with Gasteiger partial charge in [0.25, 0.3) is 5.91 Å². The predicted molar refractivity (Wildman–Crippen MR) is 113 cm³/mol. The van der Waals surface area contributed by atoms with Crippen LogP contribution in [0, 0.1) is 20.8 Å². The number of carbonyl (C=O) groups excluding carboxylic acids is 3. The Bertz CT molecular complexity index is 1130. The number of fused-ring (bicyclic) bond motifs is 1. The van der Waals surface area contributed by atoms with Gasteiger partial charge in [0.1, 0.15) is 6.61 Å². The second-order valence-corrected chi connectivity index (χ2v) is 7.33. The summed E-state index contributed by atoms with van der Waals surface area (Å²) in [7, 11) is 0. The minimum absolute atomic E-state index is 0.00817. The van der Waals surface area contributed by atoms with Crippen molar-refractivity contribution in [2.45, 2.75) is 40.7 Å². The zero-order valence-electron chi connectivity index (χ0n) is 17.6. The Morgan fingerprint density at radius 2 is 1.83 bits per heavy atom. The Hall–Kier alpha value is -3.48. The standard InChI is InChI=1S/C23H25N3O4/c1-13-11-14(2)21(16(4)27)15(3)18(13)12-30-20(28)9-10-24-23(29)22-17-7-5-6-8-19(17)25-26-22/h5-8,11H,9-10,12H2,1-4H3,(H,24,29)(H,25,26). The minimum Gasteiger partial charge on any atom is -0.461 e. The number of aryl methyl sites for hydroxylation is 2. The first-order chi connectivity index (χ1) is 14.3. The molecule has 3 aromatic rings. The molecule has 0 bridgehead atoms. The number of ether oxygens (including phenoxy) is 1. The normalized spacial score (nSPS) is 10.8. The maximum absolute atomic E-state index is 12.3. The molecular formula is C23H25N3O4. The van der Waals surface area contributed by atoms with Gasteiger partial charge in [0.2, 0.25) is 0 Å². The van der Waals surface area contributed by atoms with Crippen molar-refractivity contribution in [3.8, 4) is 0 Å². The van der Waals surface area contributed by atoms with Crippen LogP contribution >= 0.6 is 0 Å². The number of hydrogen-bond donors (Lipinski definition) is 2. The van der Waals surface area contributed by atoms with E-state index in [2.05, 4.69) is 15.5 Å². The summed E-state index contributed by atoms with van der Waals surface area (Å²) in [6, 6.07) is 9.27. The van der Waals surface area contributed by atoms with Gasteiger partial charge in [-0.3, -0.25) is 19.5 Å². The van der Waals surface area contributed by atoms with E-state index < -0.39 is 5.97 Å². The molecule has 2 aromatic carbocycles. The lowest BCUT2D eigenvalue weighted by Gasteiger charge is -2.16. The highest BCUT2D eigenvalue weighted by atomic mass is 16.5. The molecule has 0 aliphatic carbocycles. The fourth-order valence-electron chi connectivity index (χ4n) is 3.71. The average molecular weight is 407 g/mol. The molecule has 7 nitrogen and oxygen atoms in total. The number of Topliss-reactive ketones (excluding diaryl/α,β-unsaturated/α-hetero) is 1. The van der Waals surface area contributed by atoms with E-state index in [4.69, 9.17) is 4.74 Å². The maximum Gasteiger partial charge on any atom is 0.307 e. The highest BCUT2D eigenvalue weighted by Crippen LogP contribution is 2.23. The van der Waals surface area contributed by atoms with Crippen LogP contribution in [0.3, 0.4) is 0 Å². The molecule has 1 heterocycles. The first-order valence-corrected chi connectivity index (χ1v) is 9.77. The first-order valence-electron chi connectivity index (χ1n) is 9.77. The molecule has 2 N–H and O–H groups in total. The number of esters is 1. The van der Waals surface area contributed by atoms with Gasteiger partial charge in [-0.15, -0.1) is 0 Å². The third kappa shape index (κ3) is 4.40. The third-order valence-corrected chi connectivity index (χ3v) is 5.16. The molecule has 1 amide bonds. The number of nitrogens with one attached hydrogen (secondary N) is 2. The summed E-state index contributed by atoms with van der Waals surface area (Å²) in [5, 5.41) is 10.3. The highest BCUT2D eigenvalue weighted by molar-refractivity contribution is 6.04. The Kier molecular flexibility index (Phi) is 6.30. The molecule has 0 unspecified atom stereocenters. The maximum atomic E-state index is 12.3. The summed E-state index contributed by atoms with van der Waals surface area (Å²) in [5.74, 6) is -0.784. The van der Waals surface area contributed by atoms with Gasteiger partial charge < -0.3 is 10.1 Å². The van der Waals surface area contributed by atoms with Crippen LogP contribution in [0.5, 0.6) is 0 Å². The summed E-state index contributed by atoms with van der Waals surface area (Å²) in [4.78, 5) is 36.4. The number of carbonyl (C=O) groups is 3. The van der Waals surface area contributed by atoms with Gasteiger partial charge in [-0.1, -0.05) is 24.3 Å². The average Bonchev–Trinajstić information content (AvgIpc) is 3.11. The molecule has 0 saturated heterocycles. The fourth-order valence-corrected chi connectivity index (χ4v) is 3.71. The molecule has 7 heteroatoms. The van der Waals surface area contributed by atoms with Crippen LogP contribution in [0.4, 0.5) is 0 Å².